The van der Waals surface area contributed by atoms with Gasteiger partial charge in [0.05, 0.1) is 10.9 Å². The van der Waals surface area contributed by atoms with E-state index in [9.17, 15) is 9.59 Å². The maximum atomic E-state index is 13.0. The van der Waals surface area contributed by atoms with Crippen LogP contribution in [0.1, 0.15) is 25.1 Å². The lowest BCUT2D eigenvalue weighted by molar-refractivity contribution is -0.133. The van der Waals surface area contributed by atoms with Gasteiger partial charge >= 0.3 is 0 Å². The molecule has 5 rings (SSSR count). The number of ether oxygens (including phenoxy) is 1. The standard InChI is InChI=1S/C24H27N5O3/c30-23(28-14-12-27(13-15-28)21-6-3-4-10-25-21)17-32-18-8-9-20-19(16-18)24(31)29-11-5-1-2-7-22(29)26-20/h3-4,6,8-10,16H,1-2,5,7,11-15,17H2. The number of aryl methyl sites for hydroxylation is 1. The number of hydrogen-bond donors (Lipinski definition) is 0. The molecule has 0 atom stereocenters. The number of amides is 1. The van der Waals surface area contributed by atoms with Gasteiger partial charge in [0.15, 0.2) is 6.61 Å². The first kappa shape index (κ1) is 20.5. The number of anilines is 1. The minimum atomic E-state index is -0.0532. The van der Waals surface area contributed by atoms with Gasteiger partial charge in [-0.05, 0) is 43.2 Å². The molecule has 8 heteroatoms. The van der Waals surface area contributed by atoms with E-state index >= 15 is 0 Å². The smallest absolute Gasteiger partial charge is 0.261 e. The summed E-state index contributed by atoms with van der Waals surface area (Å²) >= 11 is 0. The summed E-state index contributed by atoms with van der Waals surface area (Å²) in [6, 6.07) is 11.2. The zero-order valence-corrected chi connectivity index (χ0v) is 18.1. The number of nitrogens with zero attached hydrogens (tertiary/aromatic N) is 5. The molecule has 0 bridgehead atoms. The van der Waals surface area contributed by atoms with Crippen molar-refractivity contribution in [1.29, 1.82) is 0 Å². The molecule has 2 aromatic heterocycles. The van der Waals surface area contributed by atoms with Gasteiger partial charge in [-0.15, -0.1) is 0 Å². The largest absolute Gasteiger partial charge is 0.484 e. The maximum absolute atomic E-state index is 13.0. The number of hydrogen-bond acceptors (Lipinski definition) is 6. The number of pyridine rings is 1. The highest BCUT2D eigenvalue weighted by molar-refractivity contribution is 5.80. The van der Waals surface area contributed by atoms with Crippen molar-refractivity contribution in [1.82, 2.24) is 19.4 Å². The maximum Gasteiger partial charge on any atom is 0.261 e. The van der Waals surface area contributed by atoms with Crippen molar-refractivity contribution in [3.63, 3.8) is 0 Å². The number of aromatic nitrogens is 3. The summed E-state index contributed by atoms with van der Waals surface area (Å²) in [5.41, 5.74) is 0.668. The van der Waals surface area contributed by atoms with Crippen LogP contribution in [0.2, 0.25) is 0 Å². The van der Waals surface area contributed by atoms with Crippen molar-refractivity contribution in [2.24, 2.45) is 0 Å². The summed E-state index contributed by atoms with van der Waals surface area (Å²) < 4.78 is 7.57. The number of carbonyl (C=O) groups excluding carboxylic acids is 1. The fourth-order valence-corrected chi connectivity index (χ4v) is 4.45. The first-order valence-electron chi connectivity index (χ1n) is 11.3. The van der Waals surface area contributed by atoms with Crippen LogP contribution in [-0.4, -0.2) is 58.1 Å². The summed E-state index contributed by atoms with van der Waals surface area (Å²) in [4.78, 5) is 38.7. The Morgan fingerprint density at radius 2 is 1.88 bits per heavy atom. The van der Waals surface area contributed by atoms with E-state index in [0.717, 1.165) is 50.4 Å². The van der Waals surface area contributed by atoms with Gasteiger partial charge in [0.1, 0.15) is 17.4 Å². The molecule has 0 radical (unpaired) electrons. The normalized spacial score (nSPS) is 16.5. The van der Waals surface area contributed by atoms with E-state index in [-0.39, 0.29) is 18.1 Å². The Morgan fingerprint density at radius 1 is 1.00 bits per heavy atom. The van der Waals surface area contributed by atoms with Crippen molar-refractivity contribution in [2.75, 3.05) is 37.7 Å². The molecule has 1 fully saturated rings. The van der Waals surface area contributed by atoms with Crippen molar-refractivity contribution in [3.05, 3.63) is 58.8 Å². The first-order valence-corrected chi connectivity index (χ1v) is 11.3. The van der Waals surface area contributed by atoms with E-state index in [1.54, 1.807) is 22.9 Å². The molecule has 1 aromatic carbocycles. The third-order valence-electron chi connectivity index (χ3n) is 6.25. The average molecular weight is 434 g/mol. The molecule has 1 saturated heterocycles. The monoisotopic (exact) mass is 433 g/mol. The molecule has 4 heterocycles. The van der Waals surface area contributed by atoms with Crippen LogP contribution >= 0.6 is 0 Å². The molecule has 2 aliphatic heterocycles. The summed E-state index contributed by atoms with van der Waals surface area (Å²) in [7, 11) is 0. The van der Waals surface area contributed by atoms with Crippen molar-refractivity contribution in [2.45, 2.75) is 32.2 Å². The molecule has 32 heavy (non-hydrogen) atoms. The number of benzene rings is 1. The third kappa shape index (κ3) is 4.17. The van der Waals surface area contributed by atoms with Crippen molar-refractivity contribution >= 4 is 22.6 Å². The van der Waals surface area contributed by atoms with Crippen molar-refractivity contribution in [3.8, 4) is 5.75 Å². The molecule has 3 aromatic rings. The highest BCUT2D eigenvalue weighted by Gasteiger charge is 2.22. The van der Waals surface area contributed by atoms with Crippen LogP contribution in [0.25, 0.3) is 10.9 Å². The van der Waals surface area contributed by atoms with Gasteiger partial charge < -0.3 is 14.5 Å². The molecule has 8 nitrogen and oxygen atoms in total. The molecule has 0 spiro atoms. The number of fused-ring (bicyclic) bond motifs is 2. The Balaban J connectivity index is 1.23. The molecule has 0 N–H and O–H groups in total. The molecule has 2 aliphatic rings. The molecule has 0 aliphatic carbocycles. The Morgan fingerprint density at radius 3 is 2.69 bits per heavy atom. The second-order valence-corrected chi connectivity index (χ2v) is 8.32. The average Bonchev–Trinajstić information content (AvgIpc) is 3.09. The topological polar surface area (TPSA) is 80.6 Å². The predicted molar refractivity (Wildman–Crippen MR) is 122 cm³/mol. The summed E-state index contributed by atoms with van der Waals surface area (Å²) in [6.45, 7) is 3.42. The Labute approximate surface area is 186 Å². The SMILES string of the molecule is O=C(COc1ccc2nc3n(c(=O)c2c1)CCCCC3)N1CCN(c2ccccn2)CC1. The van der Waals surface area contributed by atoms with E-state index in [4.69, 9.17) is 9.72 Å². The lowest BCUT2D eigenvalue weighted by atomic mass is 10.2. The summed E-state index contributed by atoms with van der Waals surface area (Å²) in [5.74, 6) is 2.27. The second kappa shape index (κ2) is 8.98. The van der Waals surface area contributed by atoms with Gasteiger partial charge in [-0.3, -0.25) is 14.2 Å². The third-order valence-corrected chi connectivity index (χ3v) is 6.25. The first-order chi connectivity index (χ1) is 15.7. The zero-order valence-electron chi connectivity index (χ0n) is 18.1. The Bertz CT molecular complexity index is 1170. The molecular weight excluding hydrogens is 406 g/mol. The van der Waals surface area contributed by atoms with Crippen LogP contribution in [0.15, 0.2) is 47.4 Å². The minimum Gasteiger partial charge on any atom is -0.484 e. The van der Waals surface area contributed by atoms with E-state index < -0.39 is 0 Å². The van der Waals surface area contributed by atoms with E-state index in [2.05, 4.69) is 9.88 Å². The van der Waals surface area contributed by atoms with Crippen LogP contribution in [0.5, 0.6) is 5.75 Å². The quantitative estimate of drug-likeness (QED) is 0.628. The van der Waals surface area contributed by atoms with E-state index in [1.165, 1.54) is 0 Å². The van der Waals surface area contributed by atoms with Gasteiger partial charge in [0.25, 0.3) is 11.5 Å². The fraction of sp³-hybridized carbons (Fsp3) is 0.417. The van der Waals surface area contributed by atoms with E-state index in [0.29, 0.717) is 36.3 Å². The number of piperazine rings is 1. The predicted octanol–water partition coefficient (Wildman–Crippen LogP) is 2.25. The summed E-state index contributed by atoms with van der Waals surface area (Å²) in [6.07, 6.45) is 5.80. The Kier molecular flexibility index (Phi) is 5.75. The van der Waals surface area contributed by atoms with Gasteiger partial charge in [0, 0.05) is 45.3 Å². The number of carbonyl (C=O) groups is 1. The van der Waals surface area contributed by atoms with Gasteiger partial charge in [-0.25, -0.2) is 9.97 Å². The second-order valence-electron chi connectivity index (χ2n) is 8.32. The van der Waals surface area contributed by atoms with Crippen LogP contribution < -0.4 is 15.2 Å². The summed E-state index contributed by atoms with van der Waals surface area (Å²) in [5, 5.41) is 0.546. The van der Waals surface area contributed by atoms with E-state index in [1.807, 2.05) is 29.2 Å². The van der Waals surface area contributed by atoms with Gasteiger partial charge in [-0.1, -0.05) is 12.5 Å². The van der Waals surface area contributed by atoms with Gasteiger partial charge in [0.2, 0.25) is 0 Å². The van der Waals surface area contributed by atoms with Gasteiger partial charge in [-0.2, -0.15) is 0 Å². The lowest BCUT2D eigenvalue weighted by Gasteiger charge is -2.35. The Hall–Kier alpha value is -3.42. The highest BCUT2D eigenvalue weighted by Crippen LogP contribution is 2.20. The zero-order chi connectivity index (χ0) is 21.9. The minimum absolute atomic E-state index is 0.0191. The molecule has 0 unspecified atom stereocenters. The van der Waals surface area contributed by atoms with Crippen LogP contribution in [0, 0.1) is 0 Å². The fourth-order valence-electron chi connectivity index (χ4n) is 4.45. The lowest BCUT2D eigenvalue weighted by Crippen LogP contribution is -2.50. The highest BCUT2D eigenvalue weighted by atomic mass is 16.5. The van der Waals surface area contributed by atoms with Crippen molar-refractivity contribution < 1.29 is 9.53 Å². The van der Waals surface area contributed by atoms with Crippen LogP contribution in [-0.2, 0) is 17.8 Å². The molecular formula is C24H27N5O3. The molecule has 166 valence electrons. The molecule has 1 amide bonds. The van der Waals surface area contributed by atoms with Crippen LogP contribution in [0.3, 0.4) is 0 Å². The van der Waals surface area contributed by atoms with Crippen LogP contribution in [0.4, 0.5) is 5.82 Å². The number of rotatable bonds is 4. The molecule has 0 saturated carbocycles.